The van der Waals surface area contributed by atoms with Crippen LogP contribution in [0.25, 0.3) is 11.1 Å². The van der Waals surface area contributed by atoms with E-state index in [1.807, 2.05) is 0 Å². The van der Waals surface area contributed by atoms with Gasteiger partial charge < -0.3 is 10.4 Å². The molecular formula is C22H16F4N2O4. The van der Waals surface area contributed by atoms with Crippen molar-refractivity contribution in [2.24, 2.45) is 0 Å². The number of halogens is 4. The molecule has 3 aromatic carbocycles. The minimum Gasteiger partial charge on any atom is -0.505 e. The van der Waals surface area contributed by atoms with Gasteiger partial charge in [-0.25, -0.2) is 23.0 Å². The van der Waals surface area contributed by atoms with Gasteiger partial charge in [0.2, 0.25) is 5.91 Å². The largest absolute Gasteiger partial charge is 0.505 e. The van der Waals surface area contributed by atoms with Crippen LogP contribution in [0, 0.1) is 23.3 Å². The highest BCUT2D eigenvalue weighted by Gasteiger charge is 2.23. The number of rotatable bonds is 6. The zero-order valence-corrected chi connectivity index (χ0v) is 16.2. The van der Waals surface area contributed by atoms with Crippen LogP contribution >= 0.6 is 0 Å². The number of hydrogen-bond donors (Lipinski definition) is 4. The fourth-order valence-electron chi connectivity index (χ4n) is 3.02. The number of aromatic hydroxyl groups is 1. The summed E-state index contributed by atoms with van der Waals surface area (Å²) in [6.07, 6.45) is -0.296. The Hall–Kier alpha value is -3.92. The Morgan fingerprint density at radius 3 is 2.03 bits per heavy atom. The second-order valence-electron chi connectivity index (χ2n) is 6.82. The van der Waals surface area contributed by atoms with Crippen molar-refractivity contribution in [3.8, 4) is 16.9 Å². The number of hydrogen-bond acceptors (Lipinski definition) is 4. The summed E-state index contributed by atoms with van der Waals surface area (Å²) in [7, 11) is 0. The summed E-state index contributed by atoms with van der Waals surface area (Å²) in [5.41, 5.74) is 2.29. The van der Waals surface area contributed by atoms with Crippen molar-refractivity contribution in [1.29, 1.82) is 0 Å². The van der Waals surface area contributed by atoms with E-state index in [1.54, 1.807) is 0 Å². The van der Waals surface area contributed by atoms with Gasteiger partial charge >= 0.3 is 0 Å². The van der Waals surface area contributed by atoms with Crippen LogP contribution in [0.1, 0.15) is 17.2 Å². The van der Waals surface area contributed by atoms with E-state index in [1.165, 1.54) is 35.8 Å². The molecule has 1 atom stereocenters. The van der Waals surface area contributed by atoms with E-state index in [0.29, 0.717) is 5.56 Å². The maximum atomic E-state index is 13.5. The third-order valence-corrected chi connectivity index (χ3v) is 4.61. The molecule has 166 valence electrons. The molecule has 0 aliphatic heterocycles. The molecule has 0 heterocycles. The summed E-state index contributed by atoms with van der Waals surface area (Å²) < 4.78 is 53.2. The Labute approximate surface area is 179 Å². The van der Waals surface area contributed by atoms with Gasteiger partial charge in [-0.1, -0.05) is 30.3 Å². The molecule has 3 aromatic rings. The lowest BCUT2D eigenvalue weighted by Crippen LogP contribution is -2.39. The minimum absolute atomic E-state index is 0.0521. The molecule has 0 aliphatic carbocycles. The SMILES string of the molecule is O=C(Cc1ccc(F)c(O)c1)NC(C(=O)NO)c1ccc(-c2cc(F)c(F)c(F)c2)cc1. The molecule has 0 spiro atoms. The van der Waals surface area contributed by atoms with Crippen LogP contribution in [0.3, 0.4) is 0 Å². The highest BCUT2D eigenvalue weighted by molar-refractivity contribution is 5.89. The number of hydroxylamine groups is 1. The normalized spacial score (nSPS) is 11.7. The van der Waals surface area contributed by atoms with Gasteiger partial charge in [-0.2, -0.15) is 0 Å². The molecular weight excluding hydrogens is 432 g/mol. The average molecular weight is 448 g/mol. The van der Waals surface area contributed by atoms with Crippen molar-refractivity contribution in [3.05, 3.63) is 89.0 Å². The highest BCUT2D eigenvalue weighted by atomic mass is 19.2. The zero-order valence-electron chi connectivity index (χ0n) is 16.2. The lowest BCUT2D eigenvalue weighted by molar-refractivity contribution is -0.134. The first-order chi connectivity index (χ1) is 15.2. The van der Waals surface area contributed by atoms with Crippen LogP contribution in [0.15, 0.2) is 54.6 Å². The van der Waals surface area contributed by atoms with E-state index in [-0.39, 0.29) is 23.1 Å². The Kier molecular flexibility index (Phi) is 6.74. The van der Waals surface area contributed by atoms with Crippen molar-refractivity contribution in [2.45, 2.75) is 12.5 Å². The molecule has 4 N–H and O–H groups in total. The van der Waals surface area contributed by atoms with E-state index in [4.69, 9.17) is 5.21 Å². The van der Waals surface area contributed by atoms with Crippen molar-refractivity contribution in [1.82, 2.24) is 10.8 Å². The molecule has 0 saturated heterocycles. The second kappa shape index (κ2) is 9.48. The molecule has 1 unspecified atom stereocenters. The van der Waals surface area contributed by atoms with Gasteiger partial charge in [0, 0.05) is 0 Å². The zero-order chi connectivity index (χ0) is 23.4. The summed E-state index contributed by atoms with van der Waals surface area (Å²) in [4.78, 5) is 24.4. The molecule has 0 bridgehead atoms. The van der Waals surface area contributed by atoms with Gasteiger partial charge in [-0.05, 0) is 46.5 Å². The van der Waals surface area contributed by atoms with E-state index < -0.39 is 46.9 Å². The summed E-state index contributed by atoms with van der Waals surface area (Å²) in [6.45, 7) is 0. The molecule has 3 rings (SSSR count). The first kappa shape index (κ1) is 22.8. The number of benzene rings is 3. The smallest absolute Gasteiger partial charge is 0.270 e. The number of carbonyl (C=O) groups excluding carboxylic acids is 2. The Morgan fingerprint density at radius 2 is 1.47 bits per heavy atom. The molecule has 2 amide bonds. The predicted molar refractivity (Wildman–Crippen MR) is 104 cm³/mol. The fraction of sp³-hybridized carbons (Fsp3) is 0.0909. The van der Waals surface area contributed by atoms with Crippen molar-refractivity contribution in [3.63, 3.8) is 0 Å². The van der Waals surface area contributed by atoms with Crippen LogP contribution in [0.5, 0.6) is 5.75 Å². The quantitative estimate of drug-likeness (QED) is 0.201. The molecule has 0 aromatic heterocycles. The van der Waals surface area contributed by atoms with Crippen molar-refractivity contribution >= 4 is 11.8 Å². The van der Waals surface area contributed by atoms with Gasteiger partial charge in [0.1, 0.15) is 6.04 Å². The molecule has 0 radical (unpaired) electrons. The van der Waals surface area contributed by atoms with Gasteiger partial charge in [0.05, 0.1) is 6.42 Å². The van der Waals surface area contributed by atoms with Crippen LogP contribution in [-0.4, -0.2) is 22.1 Å². The maximum absolute atomic E-state index is 13.5. The number of amides is 2. The predicted octanol–water partition coefficient (Wildman–Crippen LogP) is 3.52. The van der Waals surface area contributed by atoms with Gasteiger partial charge in [0.15, 0.2) is 29.0 Å². The van der Waals surface area contributed by atoms with Crippen molar-refractivity contribution in [2.75, 3.05) is 0 Å². The number of phenolic OH excluding ortho intramolecular Hbond substituents is 1. The van der Waals surface area contributed by atoms with E-state index >= 15 is 0 Å². The lowest BCUT2D eigenvalue weighted by atomic mass is 9.99. The highest BCUT2D eigenvalue weighted by Crippen LogP contribution is 2.26. The van der Waals surface area contributed by atoms with Gasteiger partial charge in [-0.15, -0.1) is 0 Å². The third kappa shape index (κ3) is 5.03. The minimum atomic E-state index is -1.60. The van der Waals surface area contributed by atoms with E-state index in [0.717, 1.165) is 24.3 Å². The van der Waals surface area contributed by atoms with Crippen molar-refractivity contribution < 1.29 is 37.5 Å². The molecule has 0 fully saturated rings. The number of nitrogens with one attached hydrogen (secondary N) is 2. The van der Waals surface area contributed by atoms with E-state index in [2.05, 4.69) is 5.32 Å². The Morgan fingerprint density at radius 1 is 0.844 bits per heavy atom. The molecule has 10 heteroatoms. The van der Waals surface area contributed by atoms with Crippen LogP contribution in [-0.2, 0) is 16.0 Å². The second-order valence-corrected chi connectivity index (χ2v) is 6.82. The van der Waals surface area contributed by atoms with Gasteiger partial charge in [0.25, 0.3) is 5.91 Å². The standard InChI is InChI=1S/C22H16F4N2O4/c23-15-6-1-11(7-18(15)29)8-19(30)27-21(22(31)28-32)13-4-2-12(3-5-13)14-9-16(24)20(26)17(25)10-14/h1-7,9-10,21,29,32H,8H2,(H,27,30)(H,28,31). The molecule has 0 aliphatic rings. The summed E-state index contributed by atoms with van der Waals surface area (Å²) in [5, 5.41) is 20.8. The van der Waals surface area contributed by atoms with Crippen LogP contribution in [0.2, 0.25) is 0 Å². The first-order valence-electron chi connectivity index (χ1n) is 9.15. The third-order valence-electron chi connectivity index (χ3n) is 4.61. The maximum Gasteiger partial charge on any atom is 0.270 e. The monoisotopic (exact) mass is 448 g/mol. The van der Waals surface area contributed by atoms with Gasteiger partial charge in [-0.3, -0.25) is 14.8 Å². The Balaban J connectivity index is 1.80. The van der Waals surface area contributed by atoms with Crippen LogP contribution in [0.4, 0.5) is 17.6 Å². The summed E-state index contributed by atoms with van der Waals surface area (Å²) >= 11 is 0. The summed E-state index contributed by atoms with van der Waals surface area (Å²) in [6, 6.07) is 9.14. The fourth-order valence-corrected chi connectivity index (χ4v) is 3.02. The first-order valence-corrected chi connectivity index (χ1v) is 9.15. The average Bonchev–Trinajstić information content (AvgIpc) is 2.77. The number of carbonyl (C=O) groups is 2. The topological polar surface area (TPSA) is 98.7 Å². The molecule has 0 saturated carbocycles. The van der Waals surface area contributed by atoms with Crippen LogP contribution < -0.4 is 10.8 Å². The Bertz CT molecular complexity index is 1150. The lowest BCUT2D eigenvalue weighted by Gasteiger charge is -2.18. The number of phenols is 1. The molecule has 6 nitrogen and oxygen atoms in total. The molecule has 32 heavy (non-hydrogen) atoms. The van der Waals surface area contributed by atoms with E-state index in [9.17, 15) is 32.3 Å². The summed E-state index contributed by atoms with van der Waals surface area (Å²) in [5.74, 6) is -7.44.